The molecule has 0 saturated heterocycles. The van der Waals surface area contributed by atoms with E-state index in [9.17, 15) is 14.7 Å². The molecule has 0 unspecified atom stereocenters. The molecule has 22 heavy (non-hydrogen) atoms. The summed E-state index contributed by atoms with van der Waals surface area (Å²) in [4.78, 5) is 25.1. The Kier molecular flexibility index (Phi) is 5.33. The monoisotopic (exact) mass is 302 g/mol. The molecule has 0 spiro atoms. The lowest BCUT2D eigenvalue weighted by molar-refractivity contribution is -0.116. The quantitative estimate of drug-likeness (QED) is 0.779. The Hall–Kier alpha value is -2.14. The summed E-state index contributed by atoms with van der Waals surface area (Å²) < 4.78 is 0. The maximum atomic E-state index is 12.3. The van der Waals surface area contributed by atoms with Crippen LogP contribution in [-0.4, -0.2) is 41.5 Å². The zero-order chi connectivity index (χ0) is 16.1. The number of nitrogens with zero attached hydrogens (tertiary/aromatic N) is 1. The third kappa shape index (κ3) is 4.18. The maximum absolute atomic E-state index is 12.3. The van der Waals surface area contributed by atoms with Crippen molar-refractivity contribution in [2.45, 2.75) is 25.5 Å². The highest BCUT2D eigenvalue weighted by Gasteiger charge is 2.29. The number of aliphatic hydroxyl groups excluding tert-OH is 1. The standard InChI is InChI=1S/C17H22N2O3/c1-3-16(21)18-10-12-4-6-14(7-5-12)17(22)19(2)11-13-8-15(20)9-13/h3-7,13,15,20H,1,8-11H2,2H3,(H,18,21). The first-order chi connectivity index (χ1) is 10.5. The number of hydrogen-bond acceptors (Lipinski definition) is 3. The molecule has 2 rings (SSSR count). The van der Waals surface area contributed by atoms with E-state index in [1.54, 1.807) is 24.1 Å². The molecule has 1 aromatic rings. The van der Waals surface area contributed by atoms with Crippen LogP contribution in [-0.2, 0) is 11.3 Å². The van der Waals surface area contributed by atoms with E-state index in [4.69, 9.17) is 0 Å². The molecule has 1 fully saturated rings. The number of carbonyl (C=O) groups is 2. The highest BCUT2D eigenvalue weighted by molar-refractivity contribution is 5.94. The van der Waals surface area contributed by atoms with Gasteiger partial charge in [-0.25, -0.2) is 0 Å². The van der Waals surface area contributed by atoms with E-state index in [0.717, 1.165) is 18.4 Å². The molecule has 0 aliphatic heterocycles. The lowest BCUT2D eigenvalue weighted by atomic mass is 9.82. The lowest BCUT2D eigenvalue weighted by Crippen LogP contribution is -2.39. The molecule has 1 aromatic carbocycles. The molecular weight excluding hydrogens is 280 g/mol. The summed E-state index contributed by atoms with van der Waals surface area (Å²) in [5.74, 6) is 0.156. The molecule has 0 atom stereocenters. The van der Waals surface area contributed by atoms with E-state index in [-0.39, 0.29) is 17.9 Å². The fraction of sp³-hybridized carbons (Fsp3) is 0.412. The number of amides is 2. The minimum atomic E-state index is -0.220. The van der Waals surface area contributed by atoms with Gasteiger partial charge in [-0.1, -0.05) is 18.7 Å². The second kappa shape index (κ2) is 7.22. The zero-order valence-corrected chi connectivity index (χ0v) is 12.8. The second-order valence-electron chi connectivity index (χ2n) is 5.80. The molecule has 1 aliphatic carbocycles. The van der Waals surface area contributed by atoms with Gasteiger partial charge in [0, 0.05) is 25.7 Å². The van der Waals surface area contributed by atoms with Gasteiger partial charge < -0.3 is 15.3 Å². The number of rotatable bonds is 6. The van der Waals surface area contributed by atoms with Gasteiger partial charge in [0.15, 0.2) is 0 Å². The highest BCUT2D eigenvalue weighted by atomic mass is 16.3. The topological polar surface area (TPSA) is 69.6 Å². The molecule has 5 nitrogen and oxygen atoms in total. The van der Waals surface area contributed by atoms with Crippen LogP contribution in [0.2, 0.25) is 0 Å². The molecule has 0 aromatic heterocycles. The highest BCUT2D eigenvalue weighted by Crippen LogP contribution is 2.27. The Morgan fingerprint density at radius 2 is 2.00 bits per heavy atom. The maximum Gasteiger partial charge on any atom is 0.253 e. The Balaban J connectivity index is 1.87. The summed E-state index contributed by atoms with van der Waals surface area (Å²) in [6.07, 6.45) is 2.59. The van der Waals surface area contributed by atoms with Crippen LogP contribution in [0.25, 0.3) is 0 Å². The molecule has 118 valence electrons. The Morgan fingerprint density at radius 1 is 1.36 bits per heavy atom. The Labute approximate surface area is 130 Å². The number of aliphatic hydroxyl groups is 1. The van der Waals surface area contributed by atoms with Crippen LogP contribution >= 0.6 is 0 Å². The zero-order valence-electron chi connectivity index (χ0n) is 12.8. The number of hydrogen-bond donors (Lipinski definition) is 2. The normalized spacial score (nSPS) is 19.9. The Morgan fingerprint density at radius 3 is 2.55 bits per heavy atom. The summed E-state index contributed by atoms with van der Waals surface area (Å²) in [5, 5.41) is 12.0. The van der Waals surface area contributed by atoms with Crippen LogP contribution in [0.15, 0.2) is 36.9 Å². The van der Waals surface area contributed by atoms with E-state index in [1.165, 1.54) is 6.08 Å². The third-order valence-corrected chi connectivity index (χ3v) is 3.94. The van der Waals surface area contributed by atoms with E-state index in [0.29, 0.717) is 24.6 Å². The summed E-state index contributed by atoms with van der Waals surface area (Å²) in [7, 11) is 1.78. The van der Waals surface area contributed by atoms with Gasteiger partial charge in [-0.2, -0.15) is 0 Å². The minimum Gasteiger partial charge on any atom is -0.393 e. The fourth-order valence-corrected chi connectivity index (χ4v) is 2.57. The average molecular weight is 302 g/mol. The first kappa shape index (κ1) is 16.2. The molecule has 2 amide bonds. The van der Waals surface area contributed by atoms with Crippen molar-refractivity contribution >= 4 is 11.8 Å². The van der Waals surface area contributed by atoms with Gasteiger partial charge in [0.2, 0.25) is 5.91 Å². The van der Waals surface area contributed by atoms with Crippen LogP contribution in [0.1, 0.15) is 28.8 Å². The Bertz CT molecular complexity index is 548. The second-order valence-corrected chi connectivity index (χ2v) is 5.80. The van der Waals surface area contributed by atoms with Crippen molar-refractivity contribution in [1.29, 1.82) is 0 Å². The molecule has 1 saturated carbocycles. The molecule has 0 bridgehead atoms. The van der Waals surface area contributed by atoms with E-state index in [1.807, 2.05) is 12.1 Å². The lowest BCUT2D eigenvalue weighted by Gasteiger charge is -2.34. The van der Waals surface area contributed by atoms with Crippen molar-refractivity contribution in [3.63, 3.8) is 0 Å². The van der Waals surface area contributed by atoms with Crippen molar-refractivity contribution in [3.05, 3.63) is 48.0 Å². The van der Waals surface area contributed by atoms with E-state index >= 15 is 0 Å². The van der Waals surface area contributed by atoms with Gasteiger partial charge in [-0.15, -0.1) is 0 Å². The van der Waals surface area contributed by atoms with Crippen LogP contribution in [0.4, 0.5) is 0 Å². The summed E-state index contributed by atoms with van der Waals surface area (Å²) in [6, 6.07) is 7.20. The summed E-state index contributed by atoms with van der Waals surface area (Å²) in [6.45, 7) is 4.48. The van der Waals surface area contributed by atoms with Gasteiger partial charge >= 0.3 is 0 Å². The molecule has 0 radical (unpaired) electrons. The minimum absolute atomic E-state index is 0.0249. The molecule has 2 N–H and O–H groups in total. The van der Waals surface area contributed by atoms with Crippen LogP contribution in [0.3, 0.4) is 0 Å². The summed E-state index contributed by atoms with van der Waals surface area (Å²) in [5.41, 5.74) is 1.55. The van der Waals surface area contributed by atoms with Crippen molar-refractivity contribution < 1.29 is 14.7 Å². The average Bonchev–Trinajstić information content (AvgIpc) is 2.50. The van der Waals surface area contributed by atoms with Crippen molar-refractivity contribution in [2.75, 3.05) is 13.6 Å². The third-order valence-electron chi connectivity index (χ3n) is 3.94. The van der Waals surface area contributed by atoms with Gasteiger partial charge in [0.05, 0.1) is 6.10 Å². The number of carbonyl (C=O) groups excluding carboxylic acids is 2. The smallest absolute Gasteiger partial charge is 0.253 e. The number of benzene rings is 1. The van der Waals surface area contributed by atoms with Crippen molar-refractivity contribution in [2.24, 2.45) is 5.92 Å². The van der Waals surface area contributed by atoms with Crippen LogP contribution in [0, 0.1) is 5.92 Å². The van der Waals surface area contributed by atoms with Crippen LogP contribution in [0.5, 0.6) is 0 Å². The SMILES string of the molecule is C=CC(=O)NCc1ccc(C(=O)N(C)CC2CC(O)C2)cc1. The van der Waals surface area contributed by atoms with Crippen molar-refractivity contribution in [3.8, 4) is 0 Å². The van der Waals surface area contributed by atoms with E-state index < -0.39 is 0 Å². The van der Waals surface area contributed by atoms with Gasteiger partial charge in [-0.05, 0) is 42.5 Å². The number of nitrogens with one attached hydrogen (secondary N) is 1. The molecule has 1 aliphatic rings. The van der Waals surface area contributed by atoms with Crippen molar-refractivity contribution in [1.82, 2.24) is 10.2 Å². The molecular formula is C17H22N2O3. The summed E-state index contributed by atoms with van der Waals surface area (Å²) >= 11 is 0. The molecule has 5 heteroatoms. The largest absolute Gasteiger partial charge is 0.393 e. The molecule has 0 heterocycles. The van der Waals surface area contributed by atoms with Gasteiger partial charge in [0.1, 0.15) is 0 Å². The van der Waals surface area contributed by atoms with E-state index in [2.05, 4.69) is 11.9 Å². The fourth-order valence-electron chi connectivity index (χ4n) is 2.57. The van der Waals surface area contributed by atoms with Crippen LogP contribution < -0.4 is 5.32 Å². The van der Waals surface area contributed by atoms with Gasteiger partial charge in [-0.3, -0.25) is 9.59 Å². The first-order valence-corrected chi connectivity index (χ1v) is 7.42. The first-order valence-electron chi connectivity index (χ1n) is 7.42. The van der Waals surface area contributed by atoms with Gasteiger partial charge in [0.25, 0.3) is 5.91 Å². The predicted molar refractivity (Wildman–Crippen MR) is 84.2 cm³/mol. The predicted octanol–water partition coefficient (Wildman–Crippen LogP) is 1.33.